The van der Waals surface area contributed by atoms with Crippen LogP contribution in [-0.4, -0.2) is 19.4 Å². The highest BCUT2D eigenvalue weighted by atomic mass is 32.2. The standard InChI is InChI=1S/C12H18O2S/c1-2-3-4-5-6-7-9-12-10-8-11-15(12,13)14/h2,6-8,10,12H,1,3-5,9,11H2. The predicted octanol–water partition coefficient (Wildman–Crippen LogP) is 2.64. The largest absolute Gasteiger partial charge is 0.228 e. The van der Waals surface area contributed by atoms with E-state index in [1.807, 2.05) is 12.2 Å². The molecule has 1 aliphatic heterocycles. The summed E-state index contributed by atoms with van der Waals surface area (Å²) in [7, 11) is -2.86. The lowest BCUT2D eigenvalue weighted by Gasteiger charge is -2.03. The zero-order chi connectivity index (χ0) is 11.1. The Bertz CT molecular complexity index is 350. The van der Waals surface area contributed by atoms with Crippen LogP contribution in [0.1, 0.15) is 25.7 Å². The van der Waals surface area contributed by atoms with E-state index < -0.39 is 9.84 Å². The molecule has 3 heteroatoms. The summed E-state index contributed by atoms with van der Waals surface area (Å²) in [6.45, 7) is 3.65. The molecule has 0 radical (unpaired) electrons. The highest BCUT2D eigenvalue weighted by molar-refractivity contribution is 7.92. The Hall–Kier alpha value is -0.830. The fourth-order valence-electron chi connectivity index (χ4n) is 1.54. The van der Waals surface area contributed by atoms with Crippen LogP contribution in [0.25, 0.3) is 0 Å². The van der Waals surface area contributed by atoms with Gasteiger partial charge in [0.1, 0.15) is 0 Å². The first-order valence-electron chi connectivity index (χ1n) is 5.31. The molecule has 0 aromatic rings. The van der Waals surface area contributed by atoms with Crippen LogP contribution in [0.15, 0.2) is 37.0 Å². The van der Waals surface area contributed by atoms with Crippen LogP contribution >= 0.6 is 0 Å². The Kier molecular flexibility index (Phi) is 4.82. The van der Waals surface area contributed by atoms with Crippen molar-refractivity contribution >= 4 is 9.84 Å². The second-order valence-electron chi connectivity index (χ2n) is 3.72. The summed E-state index contributed by atoms with van der Waals surface area (Å²) in [6.07, 6.45) is 13.2. The monoisotopic (exact) mass is 226 g/mol. The van der Waals surface area contributed by atoms with Gasteiger partial charge in [-0.3, -0.25) is 0 Å². The van der Waals surface area contributed by atoms with Crippen LogP contribution < -0.4 is 0 Å². The van der Waals surface area contributed by atoms with Crippen LogP contribution in [0, 0.1) is 0 Å². The number of sulfone groups is 1. The summed E-state index contributed by atoms with van der Waals surface area (Å²) < 4.78 is 22.8. The van der Waals surface area contributed by atoms with E-state index in [1.165, 1.54) is 0 Å². The molecule has 84 valence electrons. The summed E-state index contributed by atoms with van der Waals surface area (Å²) in [4.78, 5) is 0. The van der Waals surface area contributed by atoms with Crippen molar-refractivity contribution in [3.8, 4) is 0 Å². The van der Waals surface area contributed by atoms with E-state index in [1.54, 1.807) is 12.2 Å². The van der Waals surface area contributed by atoms with Crippen LogP contribution in [0.2, 0.25) is 0 Å². The smallest absolute Gasteiger partial charge is 0.160 e. The number of rotatable bonds is 6. The molecular weight excluding hydrogens is 208 g/mol. The van der Waals surface area contributed by atoms with Crippen molar-refractivity contribution in [3.63, 3.8) is 0 Å². The van der Waals surface area contributed by atoms with Gasteiger partial charge >= 0.3 is 0 Å². The number of hydrogen-bond acceptors (Lipinski definition) is 2. The summed E-state index contributed by atoms with van der Waals surface area (Å²) in [5, 5.41) is -0.284. The molecule has 1 heterocycles. The van der Waals surface area contributed by atoms with E-state index in [-0.39, 0.29) is 11.0 Å². The molecule has 0 N–H and O–H groups in total. The van der Waals surface area contributed by atoms with Crippen LogP contribution in [0.5, 0.6) is 0 Å². The molecule has 1 aliphatic rings. The Labute approximate surface area is 92.3 Å². The Morgan fingerprint density at radius 1 is 1.33 bits per heavy atom. The SMILES string of the molecule is C=CCCCC=CCC1C=CCS1(=O)=O. The van der Waals surface area contributed by atoms with E-state index in [0.717, 1.165) is 19.3 Å². The van der Waals surface area contributed by atoms with Gasteiger partial charge in [-0.05, 0) is 25.7 Å². The molecule has 15 heavy (non-hydrogen) atoms. The zero-order valence-corrected chi connectivity index (χ0v) is 9.75. The molecule has 1 unspecified atom stereocenters. The molecule has 0 fully saturated rings. The van der Waals surface area contributed by atoms with Gasteiger partial charge in [0.15, 0.2) is 9.84 Å². The maximum atomic E-state index is 11.4. The first kappa shape index (κ1) is 12.2. The van der Waals surface area contributed by atoms with Gasteiger partial charge in [0.05, 0.1) is 11.0 Å². The van der Waals surface area contributed by atoms with Gasteiger partial charge in [0.25, 0.3) is 0 Å². The third-order valence-electron chi connectivity index (χ3n) is 2.45. The van der Waals surface area contributed by atoms with E-state index in [4.69, 9.17) is 0 Å². The van der Waals surface area contributed by atoms with Gasteiger partial charge < -0.3 is 0 Å². The van der Waals surface area contributed by atoms with Crippen molar-refractivity contribution in [1.29, 1.82) is 0 Å². The van der Waals surface area contributed by atoms with E-state index in [2.05, 4.69) is 12.7 Å². The minimum Gasteiger partial charge on any atom is -0.228 e. The average Bonchev–Trinajstić information content (AvgIpc) is 2.52. The summed E-state index contributed by atoms with van der Waals surface area (Å²) in [5.41, 5.74) is 0. The van der Waals surface area contributed by atoms with Gasteiger partial charge in [0, 0.05) is 0 Å². The summed E-state index contributed by atoms with van der Waals surface area (Å²) in [5.74, 6) is 0.210. The maximum Gasteiger partial charge on any atom is 0.160 e. The van der Waals surface area contributed by atoms with Crippen molar-refractivity contribution in [2.45, 2.75) is 30.9 Å². The highest BCUT2D eigenvalue weighted by Crippen LogP contribution is 2.16. The summed E-state index contributed by atoms with van der Waals surface area (Å²) in [6, 6.07) is 0. The zero-order valence-electron chi connectivity index (χ0n) is 8.93. The van der Waals surface area contributed by atoms with Crippen molar-refractivity contribution in [3.05, 3.63) is 37.0 Å². The quantitative estimate of drug-likeness (QED) is 0.515. The minimum atomic E-state index is -2.86. The van der Waals surface area contributed by atoms with Crippen molar-refractivity contribution in [1.82, 2.24) is 0 Å². The van der Waals surface area contributed by atoms with Crippen molar-refractivity contribution in [2.24, 2.45) is 0 Å². The number of hydrogen-bond donors (Lipinski definition) is 0. The third-order valence-corrected chi connectivity index (χ3v) is 4.38. The van der Waals surface area contributed by atoms with Gasteiger partial charge in [-0.2, -0.15) is 0 Å². The lowest BCUT2D eigenvalue weighted by molar-refractivity contribution is 0.594. The molecule has 0 spiro atoms. The lowest BCUT2D eigenvalue weighted by atomic mass is 10.2. The molecule has 0 saturated carbocycles. The second-order valence-corrected chi connectivity index (χ2v) is 5.99. The highest BCUT2D eigenvalue weighted by Gasteiger charge is 2.24. The van der Waals surface area contributed by atoms with Gasteiger partial charge in [-0.15, -0.1) is 6.58 Å². The molecule has 1 atom stereocenters. The molecule has 0 saturated heterocycles. The fraction of sp³-hybridized carbons (Fsp3) is 0.500. The second kappa shape index (κ2) is 5.91. The average molecular weight is 226 g/mol. The molecule has 0 aromatic heterocycles. The van der Waals surface area contributed by atoms with E-state index >= 15 is 0 Å². The lowest BCUT2D eigenvalue weighted by Crippen LogP contribution is -2.15. The summed E-state index contributed by atoms with van der Waals surface area (Å²) >= 11 is 0. The van der Waals surface area contributed by atoms with E-state index in [9.17, 15) is 8.42 Å². The topological polar surface area (TPSA) is 34.1 Å². The van der Waals surface area contributed by atoms with Gasteiger partial charge in [-0.1, -0.05) is 30.4 Å². The van der Waals surface area contributed by atoms with Crippen molar-refractivity contribution in [2.75, 3.05) is 5.75 Å². The Morgan fingerprint density at radius 3 is 2.73 bits per heavy atom. The van der Waals surface area contributed by atoms with Crippen molar-refractivity contribution < 1.29 is 8.42 Å². The van der Waals surface area contributed by atoms with Crippen LogP contribution in [-0.2, 0) is 9.84 Å². The first-order valence-corrected chi connectivity index (χ1v) is 7.02. The molecule has 0 amide bonds. The molecule has 1 rings (SSSR count). The van der Waals surface area contributed by atoms with Crippen LogP contribution in [0.3, 0.4) is 0 Å². The molecule has 0 bridgehead atoms. The Morgan fingerprint density at radius 2 is 2.13 bits per heavy atom. The molecular formula is C12H18O2S. The normalized spacial score (nSPS) is 23.6. The Balaban J connectivity index is 2.25. The van der Waals surface area contributed by atoms with E-state index in [0.29, 0.717) is 6.42 Å². The molecule has 0 aromatic carbocycles. The predicted molar refractivity (Wildman–Crippen MR) is 64.5 cm³/mol. The van der Waals surface area contributed by atoms with Gasteiger partial charge in [0.2, 0.25) is 0 Å². The fourth-order valence-corrected chi connectivity index (χ4v) is 2.92. The van der Waals surface area contributed by atoms with Gasteiger partial charge in [-0.25, -0.2) is 8.42 Å². The molecule has 2 nitrogen and oxygen atoms in total. The number of unbranched alkanes of at least 4 members (excludes halogenated alkanes) is 2. The first-order chi connectivity index (χ1) is 7.17. The minimum absolute atomic E-state index is 0.210. The third kappa shape index (κ3) is 4.04. The van der Waals surface area contributed by atoms with Crippen LogP contribution in [0.4, 0.5) is 0 Å². The molecule has 0 aliphatic carbocycles. The number of allylic oxidation sites excluding steroid dienone is 3. The maximum absolute atomic E-state index is 11.4.